The van der Waals surface area contributed by atoms with Crippen molar-refractivity contribution in [1.29, 1.82) is 0 Å². The first-order valence-corrected chi connectivity index (χ1v) is 3.39. The van der Waals surface area contributed by atoms with Gasteiger partial charge >= 0.3 is 0 Å². The van der Waals surface area contributed by atoms with Crippen LogP contribution in [-0.4, -0.2) is 41.9 Å². The fraction of sp³-hybridized carbons (Fsp3) is 0.714. The summed E-state index contributed by atoms with van der Waals surface area (Å²) in [5, 5.41) is 8.78. The number of rotatable bonds is 1. The van der Waals surface area contributed by atoms with Crippen LogP contribution in [0.2, 0.25) is 0 Å². The van der Waals surface area contributed by atoms with E-state index in [9.17, 15) is 4.79 Å². The fourth-order valence-electron chi connectivity index (χ4n) is 0.353. The van der Waals surface area contributed by atoms with E-state index in [1.807, 2.05) is 0 Å². The first kappa shape index (κ1) is 10.1. The van der Waals surface area contributed by atoms with Gasteiger partial charge in [-0.3, -0.25) is 4.79 Å². The van der Waals surface area contributed by atoms with Gasteiger partial charge in [0.2, 0.25) is 0 Å². The van der Waals surface area contributed by atoms with Gasteiger partial charge in [-0.2, -0.15) is 4.99 Å². The topological polar surface area (TPSA) is 52.9 Å². The van der Waals surface area contributed by atoms with E-state index in [2.05, 4.69) is 4.99 Å². The smallest absolute Gasteiger partial charge is 0.275 e. The van der Waals surface area contributed by atoms with Gasteiger partial charge in [0.1, 0.15) is 11.9 Å². The number of amides is 1. The van der Waals surface area contributed by atoms with Gasteiger partial charge in [0.25, 0.3) is 5.91 Å². The van der Waals surface area contributed by atoms with E-state index in [-0.39, 0.29) is 0 Å². The molecular formula is C7H14N2O2. The molecule has 0 fully saturated rings. The number of aliphatic imine (C=N–C) groups is 1. The first-order valence-electron chi connectivity index (χ1n) is 3.39. The van der Waals surface area contributed by atoms with Crippen LogP contribution in [0.25, 0.3) is 0 Å². The summed E-state index contributed by atoms with van der Waals surface area (Å²) in [6.45, 7) is 3.11. The average molecular weight is 158 g/mol. The van der Waals surface area contributed by atoms with Crippen molar-refractivity contribution in [2.24, 2.45) is 4.99 Å². The van der Waals surface area contributed by atoms with Gasteiger partial charge in [0, 0.05) is 14.1 Å². The lowest BCUT2D eigenvalue weighted by Gasteiger charge is -2.10. The molecule has 1 N–H and O–H groups in total. The van der Waals surface area contributed by atoms with E-state index < -0.39 is 12.0 Å². The Morgan fingerprint density at radius 1 is 1.55 bits per heavy atom. The van der Waals surface area contributed by atoms with Crippen LogP contribution in [0, 0.1) is 0 Å². The van der Waals surface area contributed by atoms with Crippen LogP contribution in [0.5, 0.6) is 0 Å². The predicted molar refractivity (Wildman–Crippen MR) is 43.5 cm³/mol. The van der Waals surface area contributed by atoms with Crippen molar-refractivity contribution in [2.75, 3.05) is 14.1 Å². The normalized spacial score (nSPS) is 14.5. The summed E-state index contributed by atoms with van der Waals surface area (Å²) >= 11 is 0. The highest BCUT2D eigenvalue weighted by Crippen LogP contribution is 1.89. The van der Waals surface area contributed by atoms with Crippen LogP contribution >= 0.6 is 0 Å². The molecule has 0 rings (SSSR count). The Labute approximate surface area is 66.5 Å². The van der Waals surface area contributed by atoms with E-state index in [1.165, 1.54) is 6.92 Å². The third-order valence-electron chi connectivity index (χ3n) is 1.28. The Hall–Kier alpha value is -0.900. The lowest BCUT2D eigenvalue weighted by molar-refractivity contribution is -0.124. The Bertz CT molecular complexity index is 173. The standard InChI is InChI=1S/C7H14N2O2/c1-5(10)7(11)8-6(2)9(3)4/h5,10H,1-4H3/b8-6+. The molecule has 0 bridgehead atoms. The number of carbonyl (C=O) groups excluding carboxylic acids is 1. The van der Waals surface area contributed by atoms with Crippen LogP contribution in [0.4, 0.5) is 0 Å². The highest BCUT2D eigenvalue weighted by molar-refractivity contribution is 5.94. The van der Waals surface area contributed by atoms with Gasteiger partial charge in [0.15, 0.2) is 0 Å². The zero-order valence-corrected chi connectivity index (χ0v) is 7.33. The number of nitrogens with zero attached hydrogens (tertiary/aromatic N) is 2. The fourth-order valence-corrected chi connectivity index (χ4v) is 0.353. The maximum absolute atomic E-state index is 10.8. The van der Waals surface area contributed by atoms with Crippen molar-refractivity contribution in [3.05, 3.63) is 0 Å². The molecule has 1 unspecified atom stereocenters. The molecule has 0 aliphatic carbocycles. The monoisotopic (exact) mass is 158 g/mol. The molecule has 0 radical (unpaired) electrons. The Morgan fingerprint density at radius 2 is 2.00 bits per heavy atom. The Morgan fingerprint density at radius 3 is 2.27 bits per heavy atom. The second-order valence-electron chi connectivity index (χ2n) is 2.57. The number of hydrogen-bond donors (Lipinski definition) is 1. The largest absolute Gasteiger partial charge is 0.383 e. The first-order chi connectivity index (χ1) is 4.95. The molecule has 11 heavy (non-hydrogen) atoms. The minimum Gasteiger partial charge on any atom is -0.383 e. The summed E-state index contributed by atoms with van der Waals surface area (Å²) in [7, 11) is 3.57. The molecule has 4 nitrogen and oxygen atoms in total. The number of carbonyl (C=O) groups is 1. The lowest BCUT2D eigenvalue weighted by Crippen LogP contribution is -2.23. The number of amidine groups is 1. The van der Waals surface area contributed by atoms with Crippen molar-refractivity contribution in [3.63, 3.8) is 0 Å². The van der Waals surface area contributed by atoms with Crippen LogP contribution < -0.4 is 0 Å². The third kappa shape index (κ3) is 3.72. The summed E-state index contributed by atoms with van der Waals surface area (Å²) < 4.78 is 0. The molecule has 0 saturated carbocycles. The maximum Gasteiger partial charge on any atom is 0.275 e. The Kier molecular flexibility index (Phi) is 3.74. The molecule has 64 valence electrons. The highest BCUT2D eigenvalue weighted by Gasteiger charge is 2.07. The minimum absolute atomic E-state index is 0.504. The molecule has 0 aromatic rings. The van der Waals surface area contributed by atoms with Gasteiger partial charge in [-0.15, -0.1) is 0 Å². The molecule has 0 saturated heterocycles. The van der Waals surface area contributed by atoms with Gasteiger partial charge in [-0.1, -0.05) is 0 Å². The number of aliphatic hydroxyl groups excluding tert-OH is 1. The van der Waals surface area contributed by atoms with Gasteiger partial charge in [0.05, 0.1) is 0 Å². The van der Waals surface area contributed by atoms with E-state index >= 15 is 0 Å². The van der Waals surface area contributed by atoms with Crippen LogP contribution in [0.1, 0.15) is 13.8 Å². The second-order valence-corrected chi connectivity index (χ2v) is 2.57. The maximum atomic E-state index is 10.8. The van der Waals surface area contributed by atoms with E-state index in [1.54, 1.807) is 25.9 Å². The summed E-state index contributed by atoms with van der Waals surface area (Å²) in [5.74, 6) is 0.0899. The van der Waals surface area contributed by atoms with Crippen molar-refractivity contribution in [3.8, 4) is 0 Å². The summed E-state index contributed by atoms with van der Waals surface area (Å²) in [4.78, 5) is 16.1. The molecular weight excluding hydrogens is 144 g/mol. The van der Waals surface area contributed by atoms with E-state index in [0.29, 0.717) is 5.84 Å². The quantitative estimate of drug-likeness (QED) is 0.427. The van der Waals surface area contributed by atoms with Crippen molar-refractivity contribution < 1.29 is 9.90 Å². The highest BCUT2D eigenvalue weighted by atomic mass is 16.3. The summed E-state index contributed by atoms with van der Waals surface area (Å²) in [6.07, 6.45) is -1.01. The van der Waals surface area contributed by atoms with E-state index in [4.69, 9.17) is 5.11 Å². The molecule has 0 spiro atoms. The summed E-state index contributed by atoms with van der Waals surface area (Å²) in [5.41, 5.74) is 0. The SMILES string of the molecule is C/C(=N\C(=O)C(C)O)N(C)C. The predicted octanol–water partition coefficient (Wildman–Crippen LogP) is -0.126. The molecule has 0 aromatic heterocycles. The lowest BCUT2D eigenvalue weighted by atomic mass is 10.4. The minimum atomic E-state index is -1.01. The molecule has 4 heteroatoms. The molecule has 1 amide bonds. The molecule has 0 aliphatic heterocycles. The van der Waals surface area contributed by atoms with Crippen LogP contribution in [0.3, 0.4) is 0 Å². The molecule has 0 heterocycles. The molecule has 0 aliphatic rings. The van der Waals surface area contributed by atoms with Gasteiger partial charge in [-0.25, -0.2) is 0 Å². The zero-order chi connectivity index (χ0) is 9.02. The van der Waals surface area contributed by atoms with Crippen LogP contribution in [-0.2, 0) is 4.79 Å². The zero-order valence-electron chi connectivity index (χ0n) is 7.33. The molecule has 0 aromatic carbocycles. The van der Waals surface area contributed by atoms with Gasteiger partial charge < -0.3 is 10.0 Å². The van der Waals surface area contributed by atoms with E-state index in [0.717, 1.165) is 0 Å². The molecule has 1 atom stereocenters. The Balaban J connectivity index is 4.20. The number of aliphatic hydroxyl groups is 1. The van der Waals surface area contributed by atoms with Crippen LogP contribution in [0.15, 0.2) is 4.99 Å². The van der Waals surface area contributed by atoms with Crippen molar-refractivity contribution in [1.82, 2.24) is 4.90 Å². The third-order valence-corrected chi connectivity index (χ3v) is 1.28. The summed E-state index contributed by atoms with van der Waals surface area (Å²) in [6, 6.07) is 0. The van der Waals surface area contributed by atoms with Crippen molar-refractivity contribution in [2.45, 2.75) is 20.0 Å². The van der Waals surface area contributed by atoms with Crippen molar-refractivity contribution >= 4 is 11.7 Å². The number of hydrogen-bond acceptors (Lipinski definition) is 2. The average Bonchev–Trinajstić information content (AvgIpc) is 1.87. The second kappa shape index (κ2) is 4.08. The van der Waals surface area contributed by atoms with Gasteiger partial charge in [-0.05, 0) is 13.8 Å².